The fourth-order valence-electron chi connectivity index (χ4n) is 2.08. The molecule has 0 aliphatic rings. The van der Waals surface area contributed by atoms with Crippen molar-refractivity contribution in [2.45, 2.75) is 26.3 Å². The number of nitrogens with zero attached hydrogens (tertiary/aromatic N) is 1. The Morgan fingerprint density at radius 2 is 1.82 bits per heavy atom. The first-order chi connectivity index (χ1) is 8.04. The highest BCUT2D eigenvalue weighted by atomic mass is 19.1. The summed E-state index contributed by atoms with van der Waals surface area (Å²) in [5.41, 5.74) is 6.94. The van der Waals surface area contributed by atoms with Crippen LogP contribution in [0.15, 0.2) is 24.3 Å². The topological polar surface area (TPSA) is 29.3 Å². The lowest BCUT2D eigenvalue weighted by Crippen LogP contribution is -2.42. The van der Waals surface area contributed by atoms with Gasteiger partial charge in [0.15, 0.2) is 0 Å². The van der Waals surface area contributed by atoms with Crippen LogP contribution in [0, 0.1) is 11.7 Å². The average Bonchev–Trinajstić information content (AvgIpc) is 2.28. The molecule has 1 rings (SSSR count). The number of halogens is 1. The molecule has 0 fully saturated rings. The molecule has 0 saturated carbocycles. The molecule has 0 saturated heterocycles. The van der Waals surface area contributed by atoms with E-state index in [1.807, 2.05) is 12.1 Å². The second-order valence-corrected chi connectivity index (χ2v) is 4.90. The highest BCUT2D eigenvalue weighted by Gasteiger charge is 2.16. The molecule has 1 aromatic rings. The van der Waals surface area contributed by atoms with E-state index < -0.39 is 0 Å². The monoisotopic (exact) mass is 238 g/mol. The molecule has 0 bridgehead atoms. The summed E-state index contributed by atoms with van der Waals surface area (Å²) < 4.78 is 12.7. The maximum Gasteiger partial charge on any atom is 0.123 e. The maximum absolute atomic E-state index is 12.7. The Morgan fingerprint density at radius 3 is 2.29 bits per heavy atom. The van der Waals surface area contributed by atoms with Gasteiger partial charge in [-0.05, 0) is 37.1 Å². The Labute approximate surface area is 104 Å². The molecule has 2 N–H and O–H groups in total. The number of hydrogen-bond donors (Lipinski definition) is 1. The van der Waals surface area contributed by atoms with E-state index in [2.05, 4.69) is 25.8 Å². The number of benzene rings is 1. The van der Waals surface area contributed by atoms with Crippen molar-refractivity contribution in [3.05, 3.63) is 35.6 Å². The van der Waals surface area contributed by atoms with Gasteiger partial charge in [-0.2, -0.15) is 0 Å². The van der Waals surface area contributed by atoms with Crippen molar-refractivity contribution in [1.29, 1.82) is 0 Å². The zero-order chi connectivity index (χ0) is 12.8. The first kappa shape index (κ1) is 14.1. The number of hydrogen-bond acceptors (Lipinski definition) is 2. The van der Waals surface area contributed by atoms with Crippen LogP contribution in [0.25, 0.3) is 0 Å². The Morgan fingerprint density at radius 1 is 1.24 bits per heavy atom. The molecular weight excluding hydrogens is 215 g/mol. The van der Waals surface area contributed by atoms with Crippen LogP contribution < -0.4 is 5.73 Å². The Hall–Kier alpha value is -0.930. The SMILES string of the molecule is CC(C)C(CN)N(C)CCc1ccc(F)cc1. The highest BCUT2D eigenvalue weighted by molar-refractivity contribution is 5.16. The summed E-state index contributed by atoms with van der Waals surface area (Å²) >= 11 is 0. The normalized spacial score (nSPS) is 13.4. The molecular formula is C14H23FN2. The van der Waals surface area contributed by atoms with Crippen molar-refractivity contribution in [2.75, 3.05) is 20.1 Å². The summed E-state index contributed by atoms with van der Waals surface area (Å²) in [4.78, 5) is 2.29. The lowest BCUT2D eigenvalue weighted by atomic mass is 10.0. The van der Waals surface area contributed by atoms with Crippen LogP contribution in [-0.4, -0.2) is 31.1 Å². The fourth-order valence-corrected chi connectivity index (χ4v) is 2.08. The van der Waals surface area contributed by atoms with Crippen molar-refractivity contribution in [3.8, 4) is 0 Å². The largest absolute Gasteiger partial charge is 0.329 e. The van der Waals surface area contributed by atoms with Gasteiger partial charge < -0.3 is 10.6 Å². The van der Waals surface area contributed by atoms with Gasteiger partial charge in [0.25, 0.3) is 0 Å². The first-order valence-electron chi connectivity index (χ1n) is 6.19. The maximum atomic E-state index is 12.7. The van der Waals surface area contributed by atoms with Crippen LogP contribution in [0.1, 0.15) is 19.4 Å². The van der Waals surface area contributed by atoms with Crippen molar-refractivity contribution < 1.29 is 4.39 Å². The third-order valence-corrected chi connectivity index (χ3v) is 3.24. The quantitative estimate of drug-likeness (QED) is 0.824. The fraction of sp³-hybridized carbons (Fsp3) is 0.571. The summed E-state index contributed by atoms with van der Waals surface area (Å²) in [5.74, 6) is 0.377. The summed E-state index contributed by atoms with van der Waals surface area (Å²) in [7, 11) is 2.10. The molecule has 0 radical (unpaired) electrons. The van der Waals surface area contributed by atoms with E-state index in [0.29, 0.717) is 18.5 Å². The lowest BCUT2D eigenvalue weighted by Gasteiger charge is -2.30. The van der Waals surface area contributed by atoms with Crippen LogP contribution in [0.3, 0.4) is 0 Å². The Bertz CT molecular complexity index is 321. The third kappa shape index (κ3) is 4.44. The van der Waals surface area contributed by atoms with Crippen LogP contribution in [0.5, 0.6) is 0 Å². The van der Waals surface area contributed by atoms with Crippen LogP contribution in [0.2, 0.25) is 0 Å². The zero-order valence-electron chi connectivity index (χ0n) is 11.0. The molecule has 0 amide bonds. The molecule has 2 nitrogen and oxygen atoms in total. The molecule has 1 atom stereocenters. The first-order valence-corrected chi connectivity index (χ1v) is 6.19. The predicted molar refractivity (Wildman–Crippen MR) is 70.4 cm³/mol. The van der Waals surface area contributed by atoms with E-state index in [4.69, 9.17) is 5.73 Å². The van der Waals surface area contributed by atoms with Crippen LogP contribution in [0.4, 0.5) is 4.39 Å². The van der Waals surface area contributed by atoms with E-state index in [1.54, 1.807) is 0 Å². The van der Waals surface area contributed by atoms with Gasteiger partial charge >= 0.3 is 0 Å². The highest BCUT2D eigenvalue weighted by Crippen LogP contribution is 2.09. The van der Waals surface area contributed by atoms with E-state index >= 15 is 0 Å². The Balaban J connectivity index is 2.47. The molecule has 1 unspecified atom stereocenters. The van der Waals surface area contributed by atoms with Gasteiger partial charge in [0.2, 0.25) is 0 Å². The van der Waals surface area contributed by atoms with Gasteiger partial charge in [-0.15, -0.1) is 0 Å². The van der Waals surface area contributed by atoms with Crippen molar-refractivity contribution >= 4 is 0 Å². The lowest BCUT2D eigenvalue weighted by molar-refractivity contribution is 0.199. The van der Waals surface area contributed by atoms with Gasteiger partial charge in [-0.3, -0.25) is 0 Å². The van der Waals surface area contributed by atoms with Gasteiger partial charge in [-0.1, -0.05) is 26.0 Å². The second kappa shape index (κ2) is 6.72. The van der Waals surface area contributed by atoms with Crippen LogP contribution >= 0.6 is 0 Å². The summed E-state index contributed by atoms with van der Waals surface area (Å²) in [6, 6.07) is 7.12. The second-order valence-electron chi connectivity index (χ2n) is 4.90. The smallest absolute Gasteiger partial charge is 0.123 e. The summed E-state index contributed by atoms with van der Waals surface area (Å²) in [5, 5.41) is 0. The van der Waals surface area contributed by atoms with Crippen molar-refractivity contribution in [2.24, 2.45) is 11.7 Å². The summed E-state index contributed by atoms with van der Waals surface area (Å²) in [6.45, 7) is 6.00. The molecule has 0 spiro atoms. The zero-order valence-corrected chi connectivity index (χ0v) is 11.0. The summed E-state index contributed by atoms with van der Waals surface area (Å²) in [6.07, 6.45) is 0.931. The minimum Gasteiger partial charge on any atom is -0.329 e. The van der Waals surface area contributed by atoms with E-state index in [9.17, 15) is 4.39 Å². The standard InChI is InChI=1S/C14H23FN2/c1-11(2)14(10-16)17(3)9-8-12-4-6-13(15)7-5-12/h4-7,11,14H,8-10,16H2,1-3H3. The number of nitrogens with two attached hydrogens (primary N) is 1. The minimum atomic E-state index is -0.177. The number of likely N-dealkylation sites (N-methyl/N-ethyl adjacent to an activating group) is 1. The van der Waals surface area contributed by atoms with Gasteiger partial charge in [0, 0.05) is 19.1 Å². The van der Waals surface area contributed by atoms with Crippen molar-refractivity contribution in [3.63, 3.8) is 0 Å². The van der Waals surface area contributed by atoms with Crippen molar-refractivity contribution in [1.82, 2.24) is 4.90 Å². The van der Waals surface area contributed by atoms with Gasteiger partial charge in [0.1, 0.15) is 5.82 Å². The van der Waals surface area contributed by atoms with E-state index in [0.717, 1.165) is 18.5 Å². The third-order valence-electron chi connectivity index (χ3n) is 3.24. The molecule has 96 valence electrons. The van der Waals surface area contributed by atoms with E-state index in [1.165, 1.54) is 12.1 Å². The molecule has 0 aliphatic carbocycles. The Kier molecular flexibility index (Phi) is 5.59. The molecule has 3 heteroatoms. The average molecular weight is 238 g/mol. The molecule has 0 aliphatic heterocycles. The van der Waals surface area contributed by atoms with E-state index in [-0.39, 0.29) is 5.82 Å². The van der Waals surface area contributed by atoms with Gasteiger partial charge in [0.05, 0.1) is 0 Å². The predicted octanol–water partition coefficient (Wildman–Crippen LogP) is 2.28. The molecule has 17 heavy (non-hydrogen) atoms. The van der Waals surface area contributed by atoms with Gasteiger partial charge in [-0.25, -0.2) is 4.39 Å². The molecule has 0 heterocycles. The minimum absolute atomic E-state index is 0.177. The molecule has 0 aromatic heterocycles. The van der Waals surface area contributed by atoms with Crippen LogP contribution in [-0.2, 0) is 6.42 Å². The molecule has 1 aromatic carbocycles. The number of rotatable bonds is 6.